The highest BCUT2D eigenvalue weighted by Gasteiger charge is 2.27. The number of amides is 1. The first-order valence-electron chi connectivity index (χ1n) is 7.78. The molecule has 6 nitrogen and oxygen atoms in total. The van der Waals surface area contributed by atoms with Crippen molar-refractivity contribution in [1.82, 2.24) is 14.9 Å². The van der Waals surface area contributed by atoms with Crippen LogP contribution in [0, 0.1) is 0 Å². The second-order valence-corrected chi connectivity index (χ2v) is 6.20. The molecule has 2 fully saturated rings. The summed E-state index contributed by atoms with van der Waals surface area (Å²) in [7, 11) is 1.71. The van der Waals surface area contributed by atoms with Crippen molar-refractivity contribution in [3.05, 3.63) is 16.9 Å². The number of aromatic nitrogens is 2. The van der Waals surface area contributed by atoms with Crippen molar-refractivity contribution in [3.63, 3.8) is 0 Å². The van der Waals surface area contributed by atoms with Gasteiger partial charge in [-0.05, 0) is 25.7 Å². The Bertz CT molecular complexity index is 540. The number of hydrogen-bond donors (Lipinski definition) is 0. The lowest BCUT2D eigenvalue weighted by Gasteiger charge is -2.31. The van der Waals surface area contributed by atoms with Gasteiger partial charge < -0.3 is 14.5 Å². The van der Waals surface area contributed by atoms with Crippen molar-refractivity contribution < 1.29 is 9.53 Å². The van der Waals surface area contributed by atoms with Crippen LogP contribution in [0.2, 0.25) is 5.02 Å². The Morgan fingerprint density at radius 3 is 2.59 bits per heavy atom. The van der Waals surface area contributed by atoms with E-state index in [9.17, 15) is 4.79 Å². The first-order valence-corrected chi connectivity index (χ1v) is 8.16. The van der Waals surface area contributed by atoms with Crippen LogP contribution >= 0.6 is 11.6 Å². The van der Waals surface area contributed by atoms with E-state index in [-0.39, 0.29) is 12.0 Å². The molecular formula is C15H21ClN4O2. The van der Waals surface area contributed by atoms with Gasteiger partial charge in [-0.2, -0.15) is 0 Å². The van der Waals surface area contributed by atoms with Crippen LogP contribution in [0.4, 0.5) is 5.95 Å². The molecule has 3 heterocycles. The number of likely N-dealkylation sites (tertiary alicyclic amines) is 1. The molecule has 0 unspecified atom stereocenters. The van der Waals surface area contributed by atoms with Crippen molar-refractivity contribution in [2.24, 2.45) is 0 Å². The highest BCUT2D eigenvalue weighted by molar-refractivity contribution is 6.33. The Morgan fingerprint density at radius 1 is 1.27 bits per heavy atom. The topological polar surface area (TPSA) is 58.6 Å². The zero-order chi connectivity index (χ0) is 15.5. The summed E-state index contributed by atoms with van der Waals surface area (Å²) in [6, 6.07) is 0. The fraction of sp³-hybridized carbons (Fsp3) is 0.667. The zero-order valence-electron chi connectivity index (χ0n) is 12.8. The molecule has 1 amide bonds. The summed E-state index contributed by atoms with van der Waals surface area (Å²) in [4.78, 5) is 25.3. The minimum Gasteiger partial charge on any atom is -0.381 e. The van der Waals surface area contributed by atoms with Crippen LogP contribution in [0.1, 0.15) is 36.2 Å². The predicted molar refractivity (Wildman–Crippen MR) is 84.4 cm³/mol. The van der Waals surface area contributed by atoms with E-state index in [0.717, 1.165) is 38.8 Å². The molecule has 120 valence electrons. The second kappa shape index (κ2) is 6.79. The maximum absolute atomic E-state index is 12.7. The Kier molecular flexibility index (Phi) is 4.78. The van der Waals surface area contributed by atoms with Crippen molar-refractivity contribution in [1.29, 1.82) is 0 Å². The average Bonchev–Trinajstić information content (AvgIpc) is 3.09. The van der Waals surface area contributed by atoms with Crippen LogP contribution in [-0.2, 0) is 4.74 Å². The van der Waals surface area contributed by atoms with Gasteiger partial charge in [-0.3, -0.25) is 4.79 Å². The van der Waals surface area contributed by atoms with E-state index in [4.69, 9.17) is 16.3 Å². The third-order valence-electron chi connectivity index (χ3n) is 4.39. The van der Waals surface area contributed by atoms with Gasteiger partial charge in [0.2, 0.25) is 5.95 Å². The molecule has 0 bridgehead atoms. The van der Waals surface area contributed by atoms with Gasteiger partial charge in [0.25, 0.3) is 5.91 Å². The first kappa shape index (κ1) is 15.5. The second-order valence-electron chi connectivity index (χ2n) is 5.79. The summed E-state index contributed by atoms with van der Waals surface area (Å²) in [6.07, 6.45) is 5.76. The molecule has 0 aliphatic carbocycles. The summed E-state index contributed by atoms with van der Waals surface area (Å²) in [5.74, 6) is 0.499. The van der Waals surface area contributed by atoms with E-state index in [1.54, 1.807) is 12.0 Å². The Hall–Kier alpha value is -1.40. The lowest BCUT2D eigenvalue weighted by molar-refractivity contribution is 0.0347. The van der Waals surface area contributed by atoms with Gasteiger partial charge in [0.1, 0.15) is 0 Å². The quantitative estimate of drug-likeness (QED) is 0.851. The van der Waals surface area contributed by atoms with Crippen LogP contribution in [0.25, 0.3) is 0 Å². The smallest absolute Gasteiger partial charge is 0.274 e. The maximum atomic E-state index is 12.7. The molecule has 2 saturated heterocycles. The third-order valence-corrected chi connectivity index (χ3v) is 4.66. The summed E-state index contributed by atoms with van der Waals surface area (Å²) in [5, 5.41) is 0.321. The van der Waals surface area contributed by atoms with Crippen LogP contribution in [0.15, 0.2) is 6.20 Å². The summed E-state index contributed by atoms with van der Waals surface area (Å²) in [6.45, 7) is 3.23. The van der Waals surface area contributed by atoms with Gasteiger partial charge in [-0.25, -0.2) is 9.97 Å². The van der Waals surface area contributed by atoms with E-state index in [1.165, 1.54) is 6.20 Å². The number of piperidine rings is 1. The standard InChI is InChI=1S/C15H21ClN4O2/c1-22-11-4-8-19(9-5-11)14(21)13-12(16)10-17-15(18-13)20-6-2-3-7-20/h10-11H,2-9H2,1H3. The average molecular weight is 325 g/mol. The molecule has 0 aromatic carbocycles. The normalized spacial score (nSPS) is 19.7. The fourth-order valence-corrected chi connectivity index (χ4v) is 3.19. The monoisotopic (exact) mass is 324 g/mol. The SMILES string of the molecule is COC1CCN(C(=O)c2nc(N3CCCC3)ncc2Cl)CC1. The molecule has 22 heavy (non-hydrogen) atoms. The highest BCUT2D eigenvalue weighted by atomic mass is 35.5. The first-order chi connectivity index (χ1) is 10.7. The van der Waals surface area contributed by atoms with Crippen LogP contribution in [0.3, 0.4) is 0 Å². The van der Waals surface area contributed by atoms with E-state index in [0.29, 0.717) is 29.8 Å². The number of anilines is 1. The van der Waals surface area contributed by atoms with E-state index in [2.05, 4.69) is 14.9 Å². The number of methoxy groups -OCH3 is 1. The van der Waals surface area contributed by atoms with Crippen molar-refractivity contribution in [2.75, 3.05) is 38.2 Å². The van der Waals surface area contributed by atoms with E-state index >= 15 is 0 Å². The summed E-state index contributed by atoms with van der Waals surface area (Å²) in [5.41, 5.74) is 0.314. The molecular weight excluding hydrogens is 304 g/mol. The van der Waals surface area contributed by atoms with Crippen molar-refractivity contribution in [2.45, 2.75) is 31.8 Å². The van der Waals surface area contributed by atoms with Crippen LogP contribution in [-0.4, -0.2) is 60.2 Å². The van der Waals surface area contributed by atoms with Gasteiger partial charge in [-0.1, -0.05) is 11.6 Å². The molecule has 7 heteroatoms. The summed E-state index contributed by atoms with van der Waals surface area (Å²) >= 11 is 6.16. The van der Waals surface area contributed by atoms with Gasteiger partial charge >= 0.3 is 0 Å². The largest absolute Gasteiger partial charge is 0.381 e. The third kappa shape index (κ3) is 3.17. The number of halogens is 1. The van der Waals surface area contributed by atoms with Gasteiger partial charge in [-0.15, -0.1) is 0 Å². The molecule has 3 rings (SSSR count). The summed E-state index contributed by atoms with van der Waals surface area (Å²) < 4.78 is 5.34. The Morgan fingerprint density at radius 2 is 1.95 bits per heavy atom. The highest BCUT2D eigenvalue weighted by Crippen LogP contribution is 2.22. The molecule has 0 spiro atoms. The molecule has 0 radical (unpaired) electrons. The Labute approximate surface area is 135 Å². The number of carbonyl (C=O) groups is 1. The molecule has 0 atom stereocenters. The minimum atomic E-state index is -0.109. The number of carbonyl (C=O) groups excluding carboxylic acids is 1. The van der Waals surface area contributed by atoms with E-state index < -0.39 is 0 Å². The molecule has 1 aromatic heterocycles. The van der Waals surface area contributed by atoms with Gasteiger partial charge in [0, 0.05) is 33.3 Å². The molecule has 0 saturated carbocycles. The lowest BCUT2D eigenvalue weighted by Crippen LogP contribution is -2.41. The number of rotatable bonds is 3. The molecule has 0 N–H and O–H groups in total. The van der Waals surface area contributed by atoms with Crippen molar-refractivity contribution in [3.8, 4) is 0 Å². The minimum absolute atomic E-state index is 0.109. The number of hydrogen-bond acceptors (Lipinski definition) is 5. The molecule has 2 aliphatic heterocycles. The molecule has 2 aliphatic rings. The number of nitrogens with zero attached hydrogens (tertiary/aromatic N) is 4. The predicted octanol–water partition coefficient (Wildman–Crippen LogP) is 1.98. The lowest BCUT2D eigenvalue weighted by atomic mass is 10.1. The maximum Gasteiger partial charge on any atom is 0.274 e. The van der Waals surface area contributed by atoms with Gasteiger partial charge in [0.15, 0.2) is 5.69 Å². The van der Waals surface area contributed by atoms with Crippen LogP contribution in [0.5, 0.6) is 0 Å². The zero-order valence-corrected chi connectivity index (χ0v) is 13.6. The Balaban J connectivity index is 1.75. The van der Waals surface area contributed by atoms with Gasteiger partial charge in [0.05, 0.1) is 17.3 Å². The van der Waals surface area contributed by atoms with E-state index in [1.807, 2.05) is 0 Å². The van der Waals surface area contributed by atoms with Crippen molar-refractivity contribution >= 4 is 23.5 Å². The molecule has 1 aromatic rings. The fourth-order valence-electron chi connectivity index (χ4n) is 3.02. The number of ether oxygens (including phenoxy) is 1. The van der Waals surface area contributed by atoms with Crippen LogP contribution < -0.4 is 4.90 Å².